The fraction of sp³-hybridized carbons (Fsp3) is 0.278. The van der Waals surface area contributed by atoms with E-state index in [0.29, 0.717) is 9.64 Å². The molecule has 2 aromatic rings. The second kappa shape index (κ2) is 8.89. The molecule has 0 aromatic heterocycles. The smallest absolute Gasteiger partial charge is 0.277 e. The van der Waals surface area contributed by atoms with E-state index in [-0.39, 0.29) is 30.0 Å². The highest BCUT2D eigenvalue weighted by Crippen LogP contribution is 2.26. The molecule has 0 aliphatic heterocycles. The van der Waals surface area contributed by atoms with Gasteiger partial charge in [0.25, 0.3) is 5.91 Å². The minimum absolute atomic E-state index is 0.00146. The van der Waals surface area contributed by atoms with E-state index in [1.807, 2.05) is 22.6 Å². The summed E-state index contributed by atoms with van der Waals surface area (Å²) in [5, 5.41) is 12.2. The van der Waals surface area contributed by atoms with Crippen LogP contribution in [0.3, 0.4) is 0 Å². The largest absolute Gasteiger partial charge is 0.390 e. The summed E-state index contributed by atoms with van der Waals surface area (Å²) >= 11 is 1.93. The number of hydrogen-bond donors (Lipinski definition) is 3. The van der Waals surface area contributed by atoms with Crippen LogP contribution in [0.1, 0.15) is 30.6 Å². The number of carbonyl (C=O) groups is 1. The molecule has 2 aromatic carbocycles. The Labute approximate surface area is 168 Å². The number of rotatable bonds is 7. The molecule has 0 atom stereocenters. The molecule has 0 saturated carbocycles. The predicted octanol–water partition coefficient (Wildman–Crippen LogP) is 4.27. The molecular weight excluding hydrogens is 476 g/mol. The lowest BCUT2D eigenvalue weighted by Gasteiger charge is -2.17. The first-order valence-electron chi connectivity index (χ1n) is 7.92. The van der Waals surface area contributed by atoms with Gasteiger partial charge in [0.1, 0.15) is 5.82 Å². The van der Waals surface area contributed by atoms with E-state index in [4.69, 9.17) is 4.84 Å². The third kappa shape index (κ3) is 6.36. The number of amides is 1. The summed E-state index contributed by atoms with van der Waals surface area (Å²) in [6.07, 6.45) is 0.240. The normalized spacial score (nSPS) is 11.4. The van der Waals surface area contributed by atoms with Gasteiger partial charge in [0.2, 0.25) is 0 Å². The van der Waals surface area contributed by atoms with Crippen LogP contribution in [-0.2, 0) is 4.84 Å². The van der Waals surface area contributed by atoms with Crippen LogP contribution in [0, 0.1) is 21.0 Å². The lowest BCUT2D eigenvalue weighted by molar-refractivity contribution is -0.00570. The zero-order chi connectivity index (χ0) is 20.2. The van der Waals surface area contributed by atoms with Crippen LogP contribution in [0.15, 0.2) is 30.3 Å². The lowest BCUT2D eigenvalue weighted by atomic mass is 10.1. The van der Waals surface area contributed by atoms with Crippen LogP contribution in [-0.4, -0.2) is 23.2 Å². The summed E-state index contributed by atoms with van der Waals surface area (Å²) in [7, 11) is 0. The van der Waals surface area contributed by atoms with Crippen molar-refractivity contribution in [3.05, 3.63) is 56.9 Å². The van der Waals surface area contributed by atoms with Crippen molar-refractivity contribution in [2.75, 3.05) is 11.9 Å². The van der Waals surface area contributed by atoms with Gasteiger partial charge >= 0.3 is 0 Å². The zero-order valence-corrected chi connectivity index (χ0v) is 16.7. The fourth-order valence-corrected chi connectivity index (χ4v) is 2.50. The number of hydroxylamine groups is 1. The monoisotopic (exact) mass is 494 g/mol. The van der Waals surface area contributed by atoms with Crippen molar-refractivity contribution in [1.82, 2.24) is 5.48 Å². The molecule has 0 bridgehead atoms. The summed E-state index contributed by atoms with van der Waals surface area (Å²) in [6, 6.07) is 5.74. The van der Waals surface area contributed by atoms with Crippen molar-refractivity contribution in [1.29, 1.82) is 0 Å². The Morgan fingerprint density at radius 2 is 1.78 bits per heavy atom. The minimum atomic E-state index is -1.23. The summed E-state index contributed by atoms with van der Waals surface area (Å²) in [5.74, 6) is -3.88. The zero-order valence-electron chi connectivity index (χ0n) is 14.6. The quantitative estimate of drug-likeness (QED) is 0.306. The molecule has 0 radical (unpaired) electrons. The maximum atomic E-state index is 14.0. The van der Waals surface area contributed by atoms with E-state index in [1.165, 1.54) is 12.1 Å². The molecule has 2 rings (SSSR count). The molecule has 0 unspecified atom stereocenters. The molecule has 9 heteroatoms. The highest BCUT2D eigenvalue weighted by atomic mass is 127. The average Bonchev–Trinajstić information content (AvgIpc) is 2.56. The van der Waals surface area contributed by atoms with Crippen molar-refractivity contribution >= 4 is 39.9 Å². The van der Waals surface area contributed by atoms with Gasteiger partial charge in [-0.15, -0.1) is 0 Å². The Balaban J connectivity index is 2.20. The Morgan fingerprint density at radius 1 is 1.11 bits per heavy atom. The second-order valence-electron chi connectivity index (χ2n) is 6.40. The molecule has 1 amide bonds. The van der Waals surface area contributed by atoms with Gasteiger partial charge in [-0.1, -0.05) is 0 Å². The molecule has 5 nitrogen and oxygen atoms in total. The number of aliphatic hydroxyl groups is 1. The van der Waals surface area contributed by atoms with E-state index < -0.39 is 29.0 Å². The van der Waals surface area contributed by atoms with Crippen LogP contribution in [0.25, 0.3) is 0 Å². The summed E-state index contributed by atoms with van der Waals surface area (Å²) in [6.45, 7) is 3.16. The van der Waals surface area contributed by atoms with E-state index in [1.54, 1.807) is 19.9 Å². The van der Waals surface area contributed by atoms with Gasteiger partial charge < -0.3 is 10.4 Å². The molecular formula is C18H18F3IN2O3. The topological polar surface area (TPSA) is 70.6 Å². The Bertz CT molecular complexity index is 841. The third-order valence-electron chi connectivity index (χ3n) is 3.49. The first kappa shape index (κ1) is 21.5. The molecule has 0 fully saturated rings. The number of nitrogens with one attached hydrogen (secondary N) is 2. The lowest BCUT2D eigenvalue weighted by Crippen LogP contribution is -2.28. The molecule has 3 N–H and O–H groups in total. The fourth-order valence-electron chi connectivity index (χ4n) is 2.05. The first-order chi connectivity index (χ1) is 12.6. The Kier molecular flexibility index (Phi) is 7.06. The number of carbonyl (C=O) groups excluding carboxylic acids is 1. The van der Waals surface area contributed by atoms with E-state index >= 15 is 0 Å². The van der Waals surface area contributed by atoms with Gasteiger partial charge in [-0.2, -0.15) is 0 Å². The molecule has 27 heavy (non-hydrogen) atoms. The predicted molar refractivity (Wildman–Crippen MR) is 103 cm³/mol. The number of benzene rings is 2. The number of hydrogen-bond acceptors (Lipinski definition) is 4. The highest BCUT2D eigenvalue weighted by molar-refractivity contribution is 14.1. The second-order valence-corrected chi connectivity index (χ2v) is 7.65. The van der Waals surface area contributed by atoms with Gasteiger partial charge in [0, 0.05) is 16.1 Å². The number of anilines is 2. The standard InChI is InChI=1S/C18H18F3IN2O3/c1-18(2,26)5-6-27-24-17(25)11-8-12(19)13(20)9-16(11)23-15-4-3-10(22)7-14(15)21/h3-4,7-9,23,26H,5-6H2,1-2H3,(H,24,25). The molecule has 146 valence electrons. The van der Waals surface area contributed by atoms with Gasteiger partial charge in [-0.25, -0.2) is 18.7 Å². The Morgan fingerprint density at radius 3 is 2.41 bits per heavy atom. The van der Waals surface area contributed by atoms with Crippen LogP contribution in [0.2, 0.25) is 0 Å². The third-order valence-corrected chi connectivity index (χ3v) is 4.16. The molecule has 0 spiro atoms. The minimum Gasteiger partial charge on any atom is -0.390 e. The van der Waals surface area contributed by atoms with Gasteiger partial charge in [-0.05, 0) is 60.7 Å². The van der Waals surface area contributed by atoms with Crippen molar-refractivity contribution < 1.29 is 27.9 Å². The molecule has 0 aliphatic rings. The van der Waals surface area contributed by atoms with Gasteiger partial charge in [0.15, 0.2) is 11.6 Å². The van der Waals surface area contributed by atoms with Gasteiger partial charge in [0.05, 0.1) is 29.1 Å². The highest BCUT2D eigenvalue weighted by Gasteiger charge is 2.18. The maximum Gasteiger partial charge on any atom is 0.277 e. The van der Waals surface area contributed by atoms with Crippen LogP contribution < -0.4 is 10.8 Å². The summed E-state index contributed by atoms with van der Waals surface area (Å²) in [5.41, 5.74) is 0.713. The van der Waals surface area contributed by atoms with Gasteiger partial charge in [-0.3, -0.25) is 9.63 Å². The number of halogens is 4. The maximum absolute atomic E-state index is 14.0. The van der Waals surface area contributed by atoms with Crippen molar-refractivity contribution in [3.63, 3.8) is 0 Å². The van der Waals surface area contributed by atoms with Crippen LogP contribution in [0.4, 0.5) is 24.5 Å². The first-order valence-corrected chi connectivity index (χ1v) is 9.00. The van der Waals surface area contributed by atoms with Crippen LogP contribution >= 0.6 is 22.6 Å². The van der Waals surface area contributed by atoms with Crippen molar-refractivity contribution in [2.45, 2.75) is 25.9 Å². The molecule has 0 heterocycles. The Hall–Kier alpha value is -1.85. The average molecular weight is 494 g/mol. The van der Waals surface area contributed by atoms with Crippen LogP contribution in [0.5, 0.6) is 0 Å². The van der Waals surface area contributed by atoms with E-state index in [0.717, 1.165) is 6.07 Å². The molecule has 0 saturated heterocycles. The SMILES string of the molecule is CC(C)(O)CCONC(=O)c1cc(F)c(F)cc1Nc1ccc(I)cc1F. The summed E-state index contributed by atoms with van der Waals surface area (Å²) < 4.78 is 41.9. The molecule has 0 aliphatic carbocycles. The van der Waals surface area contributed by atoms with E-state index in [2.05, 4.69) is 10.8 Å². The summed E-state index contributed by atoms with van der Waals surface area (Å²) in [4.78, 5) is 17.2. The van der Waals surface area contributed by atoms with Crippen molar-refractivity contribution in [3.8, 4) is 0 Å². The van der Waals surface area contributed by atoms with Crippen molar-refractivity contribution in [2.24, 2.45) is 0 Å². The van der Waals surface area contributed by atoms with E-state index in [9.17, 15) is 23.1 Å².